The van der Waals surface area contributed by atoms with Crippen molar-refractivity contribution in [2.24, 2.45) is 0 Å². The zero-order valence-electron chi connectivity index (χ0n) is 6.74. The van der Waals surface area contributed by atoms with E-state index in [4.69, 9.17) is 0 Å². The molecule has 2 unspecified atom stereocenters. The van der Waals surface area contributed by atoms with E-state index in [0.717, 1.165) is 0 Å². The Balaban J connectivity index is 3.16. The maximum atomic E-state index is 3.65. The third kappa shape index (κ3) is 7.07. The minimum Gasteiger partial charge on any atom is -0.0893 e. The molecule has 2 heteroatoms. The van der Waals surface area contributed by atoms with Gasteiger partial charge in [-0.1, -0.05) is 58.5 Å². The van der Waals surface area contributed by atoms with Gasteiger partial charge in [0, 0.05) is 9.65 Å². The van der Waals surface area contributed by atoms with Gasteiger partial charge in [-0.25, -0.2) is 0 Å². The molecular formula is C8H16Br2. The summed E-state index contributed by atoms with van der Waals surface area (Å²) < 4.78 is 0. The maximum Gasteiger partial charge on any atom is 0.0156 e. The first-order chi connectivity index (χ1) is 4.66. The van der Waals surface area contributed by atoms with Crippen molar-refractivity contribution in [1.82, 2.24) is 0 Å². The van der Waals surface area contributed by atoms with Crippen LogP contribution in [0.25, 0.3) is 0 Å². The molecule has 0 heterocycles. The summed E-state index contributed by atoms with van der Waals surface area (Å²) in [5.74, 6) is 0. The van der Waals surface area contributed by atoms with Crippen molar-refractivity contribution in [2.75, 3.05) is 0 Å². The Morgan fingerprint density at radius 1 is 1.30 bits per heavy atom. The molecule has 0 N–H and O–H groups in total. The highest BCUT2D eigenvalue weighted by Gasteiger charge is 2.05. The molecule has 0 aromatic carbocycles. The maximum absolute atomic E-state index is 3.65. The molecule has 2 atom stereocenters. The molecule has 0 aliphatic carbocycles. The SMILES string of the molecule is CCCCC(Br)CC(C)Br. The molecule has 0 aliphatic heterocycles. The molecule has 0 aliphatic rings. The van der Waals surface area contributed by atoms with E-state index in [1.165, 1.54) is 25.7 Å². The van der Waals surface area contributed by atoms with Gasteiger partial charge in [0.2, 0.25) is 0 Å². The highest BCUT2D eigenvalue weighted by atomic mass is 79.9. The summed E-state index contributed by atoms with van der Waals surface area (Å²) in [4.78, 5) is 1.36. The zero-order chi connectivity index (χ0) is 7.98. The van der Waals surface area contributed by atoms with E-state index in [9.17, 15) is 0 Å². The monoisotopic (exact) mass is 270 g/mol. The van der Waals surface area contributed by atoms with Gasteiger partial charge in [-0.15, -0.1) is 0 Å². The minimum absolute atomic E-state index is 0.647. The Hall–Kier alpha value is 0.960. The third-order valence-corrected chi connectivity index (χ3v) is 2.66. The molecule has 0 aromatic heterocycles. The summed E-state index contributed by atoms with van der Waals surface area (Å²) in [7, 11) is 0. The number of unbranched alkanes of at least 4 members (excludes halogenated alkanes) is 1. The van der Waals surface area contributed by atoms with Gasteiger partial charge < -0.3 is 0 Å². The summed E-state index contributed by atoms with van der Waals surface area (Å²) in [6.45, 7) is 4.43. The largest absolute Gasteiger partial charge is 0.0893 e. The van der Waals surface area contributed by atoms with E-state index in [1.54, 1.807) is 0 Å². The lowest BCUT2D eigenvalue weighted by molar-refractivity contribution is 0.655. The molecule has 0 nitrogen and oxygen atoms in total. The van der Waals surface area contributed by atoms with E-state index in [0.29, 0.717) is 9.65 Å². The molecule has 0 radical (unpaired) electrons. The van der Waals surface area contributed by atoms with Crippen molar-refractivity contribution < 1.29 is 0 Å². The molecule has 0 spiro atoms. The molecule has 0 amide bonds. The lowest BCUT2D eigenvalue weighted by atomic mass is 10.1. The predicted molar refractivity (Wildman–Crippen MR) is 55.2 cm³/mol. The van der Waals surface area contributed by atoms with Crippen LogP contribution in [0.5, 0.6) is 0 Å². The summed E-state index contributed by atoms with van der Waals surface area (Å²) in [5, 5.41) is 0. The second-order valence-electron chi connectivity index (χ2n) is 2.76. The van der Waals surface area contributed by atoms with E-state index >= 15 is 0 Å². The zero-order valence-corrected chi connectivity index (χ0v) is 9.91. The number of hydrogen-bond acceptors (Lipinski definition) is 0. The lowest BCUT2D eigenvalue weighted by Crippen LogP contribution is -2.03. The molecule has 0 fully saturated rings. The summed E-state index contributed by atoms with van der Waals surface area (Å²) in [5.41, 5.74) is 0. The van der Waals surface area contributed by atoms with Gasteiger partial charge >= 0.3 is 0 Å². The predicted octanol–water partition coefficient (Wildman–Crippen LogP) is 4.11. The summed E-state index contributed by atoms with van der Waals surface area (Å²) >= 11 is 7.19. The van der Waals surface area contributed by atoms with Gasteiger partial charge in [0.25, 0.3) is 0 Å². The van der Waals surface area contributed by atoms with Crippen LogP contribution in [0, 0.1) is 0 Å². The first-order valence-corrected chi connectivity index (χ1v) is 5.78. The Morgan fingerprint density at radius 2 is 1.90 bits per heavy atom. The lowest BCUT2D eigenvalue weighted by Gasteiger charge is -2.09. The van der Waals surface area contributed by atoms with Gasteiger partial charge in [-0.05, 0) is 12.8 Å². The Kier molecular flexibility index (Phi) is 7.30. The second-order valence-corrected chi connectivity index (χ2v) is 5.61. The van der Waals surface area contributed by atoms with Gasteiger partial charge in [0.15, 0.2) is 0 Å². The quantitative estimate of drug-likeness (QED) is 0.660. The van der Waals surface area contributed by atoms with Crippen molar-refractivity contribution >= 4 is 31.9 Å². The highest BCUT2D eigenvalue weighted by molar-refractivity contribution is 9.10. The molecule has 0 saturated carbocycles. The Morgan fingerprint density at radius 3 is 2.30 bits per heavy atom. The fourth-order valence-corrected chi connectivity index (χ4v) is 2.73. The van der Waals surface area contributed by atoms with Gasteiger partial charge in [-0.3, -0.25) is 0 Å². The van der Waals surface area contributed by atoms with Crippen molar-refractivity contribution in [3.05, 3.63) is 0 Å². The smallest absolute Gasteiger partial charge is 0.0156 e. The van der Waals surface area contributed by atoms with Crippen LogP contribution in [0.1, 0.15) is 39.5 Å². The average Bonchev–Trinajstić information content (AvgIpc) is 1.82. The van der Waals surface area contributed by atoms with Crippen molar-refractivity contribution in [3.8, 4) is 0 Å². The molecule has 0 saturated heterocycles. The van der Waals surface area contributed by atoms with Crippen LogP contribution in [-0.2, 0) is 0 Å². The fourth-order valence-electron chi connectivity index (χ4n) is 0.896. The van der Waals surface area contributed by atoms with Crippen LogP contribution in [-0.4, -0.2) is 9.65 Å². The first kappa shape index (κ1) is 11.0. The van der Waals surface area contributed by atoms with E-state index in [1.807, 2.05) is 0 Å². The third-order valence-electron chi connectivity index (χ3n) is 1.45. The van der Waals surface area contributed by atoms with Crippen LogP contribution in [0.2, 0.25) is 0 Å². The normalized spacial score (nSPS) is 16.8. The molecular weight excluding hydrogens is 256 g/mol. The van der Waals surface area contributed by atoms with Crippen LogP contribution >= 0.6 is 31.9 Å². The van der Waals surface area contributed by atoms with Crippen molar-refractivity contribution in [2.45, 2.75) is 49.2 Å². The fraction of sp³-hybridized carbons (Fsp3) is 1.00. The summed E-state index contributed by atoms with van der Waals surface area (Å²) in [6.07, 6.45) is 5.20. The molecule has 0 rings (SSSR count). The highest BCUT2D eigenvalue weighted by Crippen LogP contribution is 2.18. The van der Waals surface area contributed by atoms with E-state index < -0.39 is 0 Å². The van der Waals surface area contributed by atoms with Gasteiger partial charge in [-0.2, -0.15) is 0 Å². The number of rotatable bonds is 5. The average molecular weight is 272 g/mol. The van der Waals surface area contributed by atoms with Crippen molar-refractivity contribution in [1.29, 1.82) is 0 Å². The molecule has 62 valence electrons. The molecule has 0 aromatic rings. The second kappa shape index (κ2) is 6.66. The number of hydrogen-bond donors (Lipinski definition) is 0. The van der Waals surface area contributed by atoms with Crippen LogP contribution in [0.4, 0.5) is 0 Å². The van der Waals surface area contributed by atoms with Crippen molar-refractivity contribution in [3.63, 3.8) is 0 Å². The van der Waals surface area contributed by atoms with Crippen LogP contribution in [0.3, 0.4) is 0 Å². The van der Waals surface area contributed by atoms with Crippen LogP contribution < -0.4 is 0 Å². The first-order valence-electron chi connectivity index (χ1n) is 3.95. The van der Waals surface area contributed by atoms with Crippen LogP contribution in [0.15, 0.2) is 0 Å². The molecule has 0 bridgehead atoms. The standard InChI is InChI=1S/C8H16Br2/c1-3-4-5-8(10)6-7(2)9/h7-8H,3-6H2,1-2H3. The van der Waals surface area contributed by atoms with Gasteiger partial charge in [0.1, 0.15) is 0 Å². The number of alkyl halides is 2. The topological polar surface area (TPSA) is 0 Å². The Bertz CT molecular complexity index is 71.7. The number of halogens is 2. The van der Waals surface area contributed by atoms with E-state index in [-0.39, 0.29) is 0 Å². The van der Waals surface area contributed by atoms with E-state index in [2.05, 4.69) is 45.7 Å². The Labute approximate surface area is 81.0 Å². The minimum atomic E-state index is 0.647. The molecule has 10 heavy (non-hydrogen) atoms. The van der Waals surface area contributed by atoms with Gasteiger partial charge in [0.05, 0.1) is 0 Å². The summed E-state index contributed by atoms with van der Waals surface area (Å²) in [6, 6.07) is 0.